The number of benzene rings is 2. The average Bonchev–Trinajstić information content (AvgIpc) is 2.68. The molecule has 140 valence electrons. The highest BCUT2D eigenvalue weighted by Crippen LogP contribution is 2.27. The molecule has 0 bridgehead atoms. The summed E-state index contributed by atoms with van der Waals surface area (Å²) in [5.41, 5.74) is 1.92. The van der Waals surface area contributed by atoms with Gasteiger partial charge in [-0.3, -0.25) is 0 Å². The fourth-order valence-corrected chi connectivity index (χ4v) is 2.70. The Balaban J connectivity index is 1.58. The first kappa shape index (κ1) is 18.7. The maximum atomic E-state index is 5.98. The molecule has 0 radical (unpaired) electrons. The van der Waals surface area contributed by atoms with E-state index in [-0.39, 0.29) is 0 Å². The molecule has 0 aliphatic carbocycles. The van der Waals surface area contributed by atoms with E-state index in [4.69, 9.17) is 21.1 Å². The van der Waals surface area contributed by atoms with Crippen LogP contribution in [-0.4, -0.2) is 35.9 Å². The van der Waals surface area contributed by atoms with Gasteiger partial charge in [0.2, 0.25) is 5.95 Å². The van der Waals surface area contributed by atoms with Crippen molar-refractivity contribution in [2.75, 3.05) is 31.4 Å². The largest absolute Gasteiger partial charge is 0.493 e. The Morgan fingerprint density at radius 3 is 2.67 bits per heavy atom. The highest BCUT2D eigenvalue weighted by molar-refractivity contribution is 6.30. The van der Waals surface area contributed by atoms with Crippen LogP contribution in [0.25, 0.3) is 0 Å². The normalized spacial score (nSPS) is 10.3. The molecule has 0 saturated heterocycles. The van der Waals surface area contributed by atoms with Gasteiger partial charge in [-0.15, -0.1) is 5.10 Å². The zero-order chi connectivity index (χ0) is 19.1. The SMILES string of the molecule is COc1ccc(CCNc2cnnc(Nc3cccc(Cl)c3)n2)cc1OC. The minimum Gasteiger partial charge on any atom is -0.493 e. The predicted octanol–water partition coefficient (Wildman–Crippen LogP) is 3.94. The number of nitrogens with zero attached hydrogens (tertiary/aromatic N) is 3. The van der Waals surface area contributed by atoms with Crippen LogP contribution in [0, 0.1) is 0 Å². The highest BCUT2D eigenvalue weighted by atomic mass is 35.5. The number of ether oxygens (including phenoxy) is 2. The van der Waals surface area contributed by atoms with Gasteiger partial charge in [0.05, 0.1) is 20.4 Å². The lowest BCUT2D eigenvalue weighted by atomic mass is 10.1. The molecule has 0 atom stereocenters. The van der Waals surface area contributed by atoms with Crippen molar-refractivity contribution in [3.8, 4) is 11.5 Å². The van der Waals surface area contributed by atoms with E-state index in [1.807, 2.05) is 30.3 Å². The zero-order valence-corrected chi connectivity index (χ0v) is 15.8. The van der Waals surface area contributed by atoms with Gasteiger partial charge in [-0.2, -0.15) is 10.1 Å². The first-order chi connectivity index (χ1) is 13.2. The highest BCUT2D eigenvalue weighted by Gasteiger charge is 2.05. The lowest BCUT2D eigenvalue weighted by molar-refractivity contribution is 0.354. The number of aromatic nitrogens is 3. The minimum atomic E-state index is 0.397. The monoisotopic (exact) mass is 385 g/mol. The van der Waals surface area contributed by atoms with E-state index in [2.05, 4.69) is 25.8 Å². The van der Waals surface area contributed by atoms with E-state index < -0.39 is 0 Å². The van der Waals surface area contributed by atoms with Gasteiger partial charge in [-0.05, 0) is 42.3 Å². The van der Waals surface area contributed by atoms with Gasteiger partial charge in [0, 0.05) is 17.3 Å². The fraction of sp³-hybridized carbons (Fsp3) is 0.211. The topological polar surface area (TPSA) is 81.2 Å². The molecule has 0 aliphatic heterocycles. The first-order valence-corrected chi connectivity index (χ1v) is 8.73. The van der Waals surface area contributed by atoms with E-state index in [9.17, 15) is 0 Å². The van der Waals surface area contributed by atoms with Gasteiger partial charge in [0.1, 0.15) is 0 Å². The fourth-order valence-electron chi connectivity index (χ4n) is 2.51. The van der Waals surface area contributed by atoms with Gasteiger partial charge in [-0.1, -0.05) is 23.7 Å². The molecule has 0 saturated carbocycles. The zero-order valence-electron chi connectivity index (χ0n) is 15.1. The molecule has 2 aromatic carbocycles. The Morgan fingerprint density at radius 2 is 1.89 bits per heavy atom. The smallest absolute Gasteiger partial charge is 0.249 e. The van der Waals surface area contributed by atoms with Crippen molar-refractivity contribution in [2.45, 2.75) is 6.42 Å². The van der Waals surface area contributed by atoms with Crippen LogP contribution in [0.15, 0.2) is 48.7 Å². The van der Waals surface area contributed by atoms with Crippen LogP contribution in [0.5, 0.6) is 11.5 Å². The molecule has 8 heteroatoms. The molecule has 7 nitrogen and oxygen atoms in total. The lowest BCUT2D eigenvalue weighted by Gasteiger charge is -2.10. The van der Waals surface area contributed by atoms with E-state index >= 15 is 0 Å². The Labute approximate surface area is 162 Å². The summed E-state index contributed by atoms with van der Waals surface area (Å²) in [6, 6.07) is 13.2. The van der Waals surface area contributed by atoms with Crippen molar-refractivity contribution >= 4 is 29.1 Å². The van der Waals surface area contributed by atoms with Crippen LogP contribution in [0.2, 0.25) is 5.02 Å². The summed E-state index contributed by atoms with van der Waals surface area (Å²) in [6.45, 7) is 0.685. The number of methoxy groups -OCH3 is 2. The maximum absolute atomic E-state index is 5.98. The summed E-state index contributed by atoms with van der Waals surface area (Å²) >= 11 is 5.98. The second-order valence-corrected chi connectivity index (χ2v) is 6.10. The standard InChI is InChI=1S/C19H20ClN5O2/c1-26-16-7-6-13(10-17(16)27-2)8-9-21-18-12-22-25-19(24-18)23-15-5-3-4-14(20)11-15/h3-7,10-12H,8-9H2,1-2H3,(H2,21,23,24,25). The third-order valence-corrected chi connectivity index (χ3v) is 4.04. The summed E-state index contributed by atoms with van der Waals surface area (Å²) in [4.78, 5) is 4.41. The summed E-state index contributed by atoms with van der Waals surface area (Å²) in [5, 5.41) is 14.9. The molecular formula is C19H20ClN5O2. The molecule has 0 fully saturated rings. The molecule has 0 aliphatic rings. The Bertz CT molecular complexity index is 907. The molecule has 2 N–H and O–H groups in total. The molecule has 3 rings (SSSR count). The number of hydrogen-bond acceptors (Lipinski definition) is 7. The van der Waals surface area contributed by atoms with Crippen LogP contribution >= 0.6 is 11.6 Å². The Morgan fingerprint density at radius 1 is 1.04 bits per heavy atom. The molecular weight excluding hydrogens is 366 g/mol. The van der Waals surface area contributed by atoms with Crippen molar-refractivity contribution in [1.82, 2.24) is 15.2 Å². The number of nitrogens with one attached hydrogen (secondary N) is 2. The van der Waals surface area contributed by atoms with Gasteiger partial charge >= 0.3 is 0 Å². The van der Waals surface area contributed by atoms with E-state index in [1.165, 1.54) is 0 Å². The Hall–Kier alpha value is -3.06. The second-order valence-electron chi connectivity index (χ2n) is 5.67. The van der Waals surface area contributed by atoms with Crippen LogP contribution < -0.4 is 20.1 Å². The van der Waals surface area contributed by atoms with Gasteiger partial charge < -0.3 is 20.1 Å². The second kappa shape index (κ2) is 9.05. The van der Waals surface area contributed by atoms with E-state index in [0.717, 1.165) is 17.7 Å². The van der Waals surface area contributed by atoms with Crippen LogP contribution in [0.1, 0.15) is 5.56 Å². The predicted molar refractivity (Wildman–Crippen MR) is 106 cm³/mol. The molecule has 0 unspecified atom stereocenters. The Kier molecular flexibility index (Phi) is 6.27. The maximum Gasteiger partial charge on any atom is 0.249 e. The number of halogens is 1. The first-order valence-electron chi connectivity index (χ1n) is 8.35. The average molecular weight is 386 g/mol. The molecule has 0 spiro atoms. The quantitative estimate of drug-likeness (QED) is 0.607. The summed E-state index contributed by atoms with van der Waals surface area (Å²) in [6.07, 6.45) is 2.37. The summed E-state index contributed by atoms with van der Waals surface area (Å²) < 4.78 is 10.6. The molecule has 1 heterocycles. The number of hydrogen-bond donors (Lipinski definition) is 2. The van der Waals surface area contributed by atoms with Crippen molar-refractivity contribution in [3.05, 3.63) is 59.2 Å². The number of anilines is 3. The van der Waals surface area contributed by atoms with Gasteiger partial charge in [0.25, 0.3) is 0 Å². The van der Waals surface area contributed by atoms with Crippen LogP contribution in [0.4, 0.5) is 17.5 Å². The van der Waals surface area contributed by atoms with Crippen molar-refractivity contribution in [2.24, 2.45) is 0 Å². The lowest BCUT2D eigenvalue weighted by Crippen LogP contribution is -2.09. The van der Waals surface area contributed by atoms with Crippen LogP contribution in [0.3, 0.4) is 0 Å². The van der Waals surface area contributed by atoms with Crippen LogP contribution in [-0.2, 0) is 6.42 Å². The minimum absolute atomic E-state index is 0.397. The van der Waals surface area contributed by atoms with Crippen molar-refractivity contribution in [3.63, 3.8) is 0 Å². The third-order valence-electron chi connectivity index (χ3n) is 3.81. The number of rotatable bonds is 8. The van der Waals surface area contributed by atoms with Gasteiger partial charge in [0.15, 0.2) is 17.3 Å². The third kappa shape index (κ3) is 5.21. The molecule has 1 aromatic heterocycles. The van der Waals surface area contributed by atoms with Gasteiger partial charge in [-0.25, -0.2) is 0 Å². The van der Waals surface area contributed by atoms with Crippen molar-refractivity contribution in [1.29, 1.82) is 0 Å². The summed E-state index contributed by atoms with van der Waals surface area (Å²) in [7, 11) is 3.25. The molecule has 3 aromatic rings. The van der Waals surface area contributed by atoms with Crippen molar-refractivity contribution < 1.29 is 9.47 Å². The van der Waals surface area contributed by atoms with E-state index in [0.29, 0.717) is 34.8 Å². The summed E-state index contributed by atoms with van der Waals surface area (Å²) in [5.74, 6) is 2.46. The molecule has 27 heavy (non-hydrogen) atoms. The molecule has 0 amide bonds. The van der Waals surface area contributed by atoms with E-state index in [1.54, 1.807) is 32.5 Å².